The Kier molecular flexibility index (Phi) is 7.22. The molecule has 0 spiro atoms. The summed E-state index contributed by atoms with van der Waals surface area (Å²) in [4.78, 5) is 15.1. The Bertz CT molecular complexity index is 1210. The maximum absolute atomic E-state index is 12.7. The van der Waals surface area contributed by atoms with Gasteiger partial charge in [-0.05, 0) is 73.0 Å². The molecule has 1 aliphatic heterocycles. The van der Waals surface area contributed by atoms with E-state index in [2.05, 4.69) is 34.5 Å². The van der Waals surface area contributed by atoms with Gasteiger partial charge in [0.25, 0.3) is 5.91 Å². The SMILES string of the molecule is CCOc1ccc(C(c2ccc(C#N)cc2)N2CC[C@@H](NC(=O)c3ccc(C#N)cc3)C2)cc1. The molecule has 1 saturated heterocycles. The van der Waals surface area contributed by atoms with E-state index in [4.69, 9.17) is 10.00 Å². The van der Waals surface area contributed by atoms with Gasteiger partial charge in [0.2, 0.25) is 0 Å². The van der Waals surface area contributed by atoms with Crippen molar-refractivity contribution in [3.05, 3.63) is 101 Å². The standard InChI is InChI=1S/C28H26N4O2/c1-2-34-26-13-11-23(12-14-26)27(22-7-3-20(17-29)4-8-22)32-16-15-25(19-32)31-28(33)24-9-5-21(18-30)6-10-24/h3-14,25,27H,2,15-16,19H2,1H3,(H,31,33)/t25-,27?/m1/s1. The lowest BCUT2D eigenvalue weighted by Gasteiger charge is -2.29. The van der Waals surface area contributed by atoms with Crippen molar-refractivity contribution < 1.29 is 9.53 Å². The number of hydrogen-bond donors (Lipinski definition) is 1. The van der Waals surface area contributed by atoms with E-state index < -0.39 is 0 Å². The third-order valence-corrected chi connectivity index (χ3v) is 6.06. The highest BCUT2D eigenvalue weighted by molar-refractivity contribution is 5.94. The minimum Gasteiger partial charge on any atom is -0.494 e. The molecule has 4 rings (SSSR count). The molecule has 3 aromatic rings. The van der Waals surface area contributed by atoms with Gasteiger partial charge in [0.1, 0.15) is 5.75 Å². The van der Waals surface area contributed by atoms with Gasteiger partial charge in [-0.25, -0.2) is 0 Å². The predicted octanol–water partition coefficient (Wildman–Crippen LogP) is 4.42. The molecule has 6 nitrogen and oxygen atoms in total. The van der Waals surface area contributed by atoms with Gasteiger partial charge in [-0.1, -0.05) is 24.3 Å². The molecule has 1 heterocycles. The van der Waals surface area contributed by atoms with Crippen LogP contribution >= 0.6 is 0 Å². The van der Waals surface area contributed by atoms with E-state index in [9.17, 15) is 10.1 Å². The van der Waals surface area contributed by atoms with Crippen molar-refractivity contribution in [3.8, 4) is 17.9 Å². The Morgan fingerprint density at radius 1 is 0.971 bits per heavy atom. The van der Waals surface area contributed by atoms with Crippen LogP contribution in [0.3, 0.4) is 0 Å². The molecular weight excluding hydrogens is 424 g/mol. The van der Waals surface area contributed by atoms with Crippen molar-refractivity contribution in [1.29, 1.82) is 10.5 Å². The van der Waals surface area contributed by atoms with Gasteiger partial charge in [0, 0.05) is 24.7 Å². The minimum atomic E-state index is -0.132. The summed E-state index contributed by atoms with van der Waals surface area (Å²) in [7, 11) is 0. The fraction of sp³-hybridized carbons (Fsp3) is 0.250. The number of benzene rings is 3. The van der Waals surface area contributed by atoms with Crippen molar-refractivity contribution in [2.24, 2.45) is 0 Å². The Morgan fingerprint density at radius 2 is 1.53 bits per heavy atom. The van der Waals surface area contributed by atoms with Crippen LogP contribution in [0.15, 0.2) is 72.8 Å². The molecule has 1 aliphatic rings. The number of amides is 1. The number of nitriles is 2. The lowest BCUT2D eigenvalue weighted by Crippen LogP contribution is -2.38. The smallest absolute Gasteiger partial charge is 0.251 e. The molecule has 1 amide bonds. The van der Waals surface area contributed by atoms with Crippen molar-refractivity contribution in [3.63, 3.8) is 0 Å². The number of likely N-dealkylation sites (tertiary alicyclic amines) is 1. The maximum Gasteiger partial charge on any atom is 0.251 e. The Morgan fingerprint density at radius 3 is 2.09 bits per heavy atom. The second kappa shape index (κ2) is 10.7. The number of nitrogens with one attached hydrogen (secondary N) is 1. The predicted molar refractivity (Wildman–Crippen MR) is 129 cm³/mol. The van der Waals surface area contributed by atoms with Crippen molar-refractivity contribution in [1.82, 2.24) is 10.2 Å². The van der Waals surface area contributed by atoms with Crippen LogP contribution in [0.4, 0.5) is 0 Å². The zero-order valence-electron chi connectivity index (χ0n) is 19.1. The summed E-state index contributed by atoms with van der Waals surface area (Å²) in [5.41, 5.74) is 3.94. The zero-order valence-corrected chi connectivity index (χ0v) is 19.1. The number of ether oxygens (including phenoxy) is 1. The summed E-state index contributed by atoms with van der Waals surface area (Å²) >= 11 is 0. The quantitative estimate of drug-likeness (QED) is 0.575. The first-order chi connectivity index (χ1) is 16.6. The summed E-state index contributed by atoms with van der Waals surface area (Å²) in [6.45, 7) is 4.12. The summed E-state index contributed by atoms with van der Waals surface area (Å²) in [6, 6.07) is 26.8. The molecule has 170 valence electrons. The molecular formula is C28H26N4O2. The van der Waals surface area contributed by atoms with Gasteiger partial charge in [-0.15, -0.1) is 0 Å². The molecule has 0 aromatic heterocycles. The monoisotopic (exact) mass is 450 g/mol. The van der Waals surface area contributed by atoms with E-state index >= 15 is 0 Å². The number of nitrogens with zero attached hydrogens (tertiary/aromatic N) is 3. The molecule has 0 aliphatic carbocycles. The highest BCUT2D eigenvalue weighted by Crippen LogP contribution is 2.33. The van der Waals surface area contributed by atoms with Crippen molar-refractivity contribution in [2.45, 2.75) is 25.4 Å². The Balaban J connectivity index is 1.52. The number of carbonyl (C=O) groups is 1. The van der Waals surface area contributed by atoms with E-state index in [-0.39, 0.29) is 18.0 Å². The normalized spacial score (nSPS) is 16.3. The molecule has 6 heteroatoms. The third kappa shape index (κ3) is 5.26. The first-order valence-electron chi connectivity index (χ1n) is 11.4. The molecule has 0 radical (unpaired) electrons. The summed E-state index contributed by atoms with van der Waals surface area (Å²) in [5.74, 6) is 0.700. The van der Waals surface area contributed by atoms with Crippen LogP contribution in [0, 0.1) is 22.7 Å². The highest BCUT2D eigenvalue weighted by Gasteiger charge is 2.31. The van der Waals surface area contributed by atoms with Crippen LogP contribution in [-0.2, 0) is 0 Å². The van der Waals surface area contributed by atoms with Crippen LogP contribution in [0.5, 0.6) is 5.75 Å². The minimum absolute atomic E-state index is 0.000216. The fourth-order valence-corrected chi connectivity index (χ4v) is 4.37. The van der Waals surface area contributed by atoms with E-state index in [1.54, 1.807) is 24.3 Å². The second-order valence-electron chi connectivity index (χ2n) is 8.28. The Labute approximate surface area is 200 Å². The van der Waals surface area contributed by atoms with Gasteiger partial charge in [0.05, 0.1) is 35.9 Å². The topological polar surface area (TPSA) is 89.2 Å². The number of rotatable bonds is 7. The lowest BCUT2D eigenvalue weighted by molar-refractivity contribution is 0.0937. The first kappa shape index (κ1) is 23.0. The van der Waals surface area contributed by atoms with Gasteiger partial charge in [0.15, 0.2) is 0 Å². The summed E-state index contributed by atoms with van der Waals surface area (Å²) < 4.78 is 5.60. The largest absolute Gasteiger partial charge is 0.494 e. The van der Waals surface area contributed by atoms with Gasteiger partial charge < -0.3 is 10.1 Å². The van der Waals surface area contributed by atoms with Crippen LogP contribution in [0.2, 0.25) is 0 Å². The van der Waals surface area contributed by atoms with Gasteiger partial charge >= 0.3 is 0 Å². The molecule has 0 saturated carbocycles. The molecule has 1 N–H and O–H groups in total. The van der Waals surface area contributed by atoms with E-state index in [1.165, 1.54) is 0 Å². The van der Waals surface area contributed by atoms with Crippen LogP contribution in [0.25, 0.3) is 0 Å². The molecule has 2 atom stereocenters. The molecule has 3 aromatic carbocycles. The zero-order chi connectivity index (χ0) is 23.9. The molecule has 0 bridgehead atoms. The fourth-order valence-electron chi connectivity index (χ4n) is 4.37. The third-order valence-electron chi connectivity index (χ3n) is 6.06. The van der Waals surface area contributed by atoms with E-state index in [1.807, 2.05) is 43.3 Å². The molecule has 1 unspecified atom stereocenters. The Hall–Kier alpha value is -4.13. The van der Waals surface area contributed by atoms with Crippen LogP contribution in [0.1, 0.15) is 52.0 Å². The lowest BCUT2D eigenvalue weighted by atomic mass is 9.96. The van der Waals surface area contributed by atoms with Crippen molar-refractivity contribution >= 4 is 5.91 Å². The first-order valence-corrected chi connectivity index (χ1v) is 11.4. The number of hydrogen-bond acceptors (Lipinski definition) is 5. The van der Waals surface area contributed by atoms with Gasteiger partial charge in [-0.3, -0.25) is 9.69 Å². The second-order valence-corrected chi connectivity index (χ2v) is 8.28. The van der Waals surface area contributed by atoms with Crippen LogP contribution in [-0.4, -0.2) is 36.5 Å². The average molecular weight is 451 g/mol. The molecule has 34 heavy (non-hydrogen) atoms. The van der Waals surface area contributed by atoms with Crippen molar-refractivity contribution in [2.75, 3.05) is 19.7 Å². The van der Waals surface area contributed by atoms with E-state index in [0.29, 0.717) is 29.8 Å². The highest BCUT2D eigenvalue weighted by atomic mass is 16.5. The average Bonchev–Trinajstić information content (AvgIpc) is 3.33. The number of carbonyl (C=O) groups excluding carboxylic acids is 1. The maximum atomic E-state index is 12.7. The summed E-state index contributed by atoms with van der Waals surface area (Å²) in [5, 5.41) is 21.3. The van der Waals surface area contributed by atoms with Gasteiger partial charge in [-0.2, -0.15) is 10.5 Å². The van der Waals surface area contributed by atoms with E-state index in [0.717, 1.165) is 29.8 Å². The van der Waals surface area contributed by atoms with Crippen LogP contribution < -0.4 is 10.1 Å². The summed E-state index contributed by atoms with van der Waals surface area (Å²) in [6.07, 6.45) is 0.839. The molecule has 1 fully saturated rings.